The van der Waals surface area contributed by atoms with E-state index in [0.717, 1.165) is 4.57 Å². The van der Waals surface area contributed by atoms with Gasteiger partial charge < -0.3 is 19.9 Å². The van der Waals surface area contributed by atoms with Gasteiger partial charge in [0.15, 0.2) is 18.6 Å². The minimum absolute atomic E-state index is 0.0166. The minimum Gasteiger partial charge on any atom is -0.459 e. The zero-order valence-corrected chi connectivity index (χ0v) is 21.2. The number of rotatable bonds is 10. The van der Waals surface area contributed by atoms with Gasteiger partial charge in [0.2, 0.25) is 0 Å². The second kappa shape index (κ2) is 12.3. The molecule has 4 rings (SSSR count). The monoisotopic (exact) mass is 543 g/mol. The standard InChI is InChI=1S/C25H25N3O9S/c1-25(32)20(36-38-37-33-2)18(15-34-22(30)17-11-7-4-8-12-17)35-23(25)28-14-13-19(27-24(28)31)26-21(29)16-9-5-3-6-10-16/h3-14,18,20,23,32H,15H2,1-2H3,(H,26,27,29,31)/t18-,20?,23-,25+/m1/s1. The van der Waals surface area contributed by atoms with E-state index in [0.29, 0.717) is 23.5 Å². The molecule has 0 aliphatic carbocycles. The largest absolute Gasteiger partial charge is 0.459 e. The van der Waals surface area contributed by atoms with Gasteiger partial charge in [-0.1, -0.05) is 36.4 Å². The van der Waals surface area contributed by atoms with Crippen LogP contribution in [0.25, 0.3) is 0 Å². The molecule has 0 radical (unpaired) electrons. The van der Waals surface area contributed by atoms with E-state index in [1.807, 2.05) is 0 Å². The Morgan fingerprint density at radius 3 is 2.39 bits per heavy atom. The summed E-state index contributed by atoms with van der Waals surface area (Å²) in [6, 6.07) is 18.2. The Labute approximate surface area is 221 Å². The molecule has 2 aromatic carbocycles. The fourth-order valence-electron chi connectivity index (χ4n) is 3.87. The van der Waals surface area contributed by atoms with E-state index in [1.165, 1.54) is 26.3 Å². The van der Waals surface area contributed by atoms with Crippen LogP contribution in [0.3, 0.4) is 0 Å². The third-order valence-electron chi connectivity index (χ3n) is 5.70. The van der Waals surface area contributed by atoms with Crippen molar-refractivity contribution in [3.05, 3.63) is 94.5 Å². The number of nitrogens with zero attached hydrogens (tertiary/aromatic N) is 2. The van der Waals surface area contributed by atoms with Gasteiger partial charge >= 0.3 is 11.7 Å². The lowest BCUT2D eigenvalue weighted by Crippen LogP contribution is -2.47. The van der Waals surface area contributed by atoms with Gasteiger partial charge in [-0.3, -0.25) is 13.5 Å². The molecule has 2 heterocycles. The lowest BCUT2D eigenvalue weighted by atomic mass is 9.96. The summed E-state index contributed by atoms with van der Waals surface area (Å²) in [6.07, 6.45) is -2.08. The SMILES string of the molecule is COOSOC1[C@@H](COC(=O)c2ccccc2)O[C@@H](n2ccc(NC(=O)c3ccccc3)nc2=O)[C@@]1(C)O. The summed E-state index contributed by atoms with van der Waals surface area (Å²) < 4.78 is 22.6. The third-order valence-corrected chi connectivity index (χ3v) is 6.18. The number of amides is 1. The van der Waals surface area contributed by atoms with Crippen molar-refractivity contribution in [1.29, 1.82) is 0 Å². The van der Waals surface area contributed by atoms with Crippen molar-refractivity contribution < 1.29 is 37.6 Å². The summed E-state index contributed by atoms with van der Waals surface area (Å²) in [5, 5.41) is 13.9. The van der Waals surface area contributed by atoms with E-state index in [4.69, 9.17) is 13.7 Å². The Balaban J connectivity index is 1.52. The first-order valence-electron chi connectivity index (χ1n) is 11.4. The molecule has 0 spiro atoms. The normalized spacial score (nSPS) is 22.7. The van der Waals surface area contributed by atoms with Crippen LogP contribution in [-0.2, 0) is 22.9 Å². The third kappa shape index (κ3) is 6.27. The predicted molar refractivity (Wildman–Crippen MR) is 135 cm³/mol. The number of benzene rings is 2. The Morgan fingerprint density at radius 1 is 1.11 bits per heavy atom. The maximum absolute atomic E-state index is 12.9. The van der Waals surface area contributed by atoms with Crippen molar-refractivity contribution in [1.82, 2.24) is 9.55 Å². The fraction of sp³-hybridized carbons (Fsp3) is 0.280. The molecule has 2 N–H and O–H groups in total. The number of esters is 1. The van der Waals surface area contributed by atoms with E-state index in [9.17, 15) is 19.5 Å². The van der Waals surface area contributed by atoms with Gasteiger partial charge in [-0.2, -0.15) is 4.98 Å². The van der Waals surface area contributed by atoms with Gasteiger partial charge in [0.25, 0.3) is 5.91 Å². The summed E-state index contributed by atoms with van der Waals surface area (Å²) in [6.45, 7) is 1.10. The van der Waals surface area contributed by atoms with Gasteiger partial charge in [-0.15, -0.1) is 4.33 Å². The highest BCUT2D eigenvalue weighted by Crippen LogP contribution is 2.41. The van der Waals surface area contributed by atoms with Crippen LogP contribution in [0, 0.1) is 0 Å². The molecular weight excluding hydrogens is 518 g/mol. The van der Waals surface area contributed by atoms with Crippen molar-refractivity contribution in [2.45, 2.75) is 31.0 Å². The number of carbonyl (C=O) groups is 2. The predicted octanol–water partition coefficient (Wildman–Crippen LogP) is 2.53. The second-order valence-electron chi connectivity index (χ2n) is 8.36. The molecule has 1 aliphatic rings. The van der Waals surface area contributed by atoms with Crippen LogP contribution in [0.2, 0.25) is 0 Å². The number of nitrogens with one attached hydrogen (secondary N) is 1. The Morgan fingerprint density at radius 2 is 1.76 bits per heavy atom. The Kier molecular flexibility index (Phi) is 8.89. The lowest BCUT2D eigenvalue weighted by Gasteiger charge is -2.29. The van der Waals surface area contributed by atoms with Crippen molar-refractivity contribution in [3.8, 4) is 0 Å². The summed E-state index contributed by atoms with van der Waals surface area (Å²) in [4.78, 5) is 46.1. The van der Waals surface area contributed by atoms with Crippen LogP contribution < -0.4 is 11.0 Å². The van der Waals surface area contributed by atoms with Crippen molar-refractivity contribution in [3.63, 3.8) is 0 Å². The number of hydrogen-bond acceptors (Lipinski definition) is 11. The maximum Gasteiger partial charge on any atom is 0.351 e. The molecule has 0 bridgehead atoms. The number of aromatic nitrogens is 2. The summed E-state index contributed by atoms with van der Waals surface area (Å²) >= 11 is 0.443. The molecule has 1 unspecified atom stereocenters. The van der Waals surface area contributed by atoms with Crippen LogP contribution in [0.4, 0.5) is 5.82 Å². The number of ether oxygens (including phenoxy) is 2. The molecule has 38 heavy (non-hydrogen) atoms. The fourth-order valence-corrected chi connectivity index (χ4v) is 4.36. The highest BCUT2D eigenvalue weighted by Gasteiger charge is 2.56. The van der Waals surface area contributed by atoms with Crippen molar-refractivity contribution >= 4 is 30.0 Å². The highest BCUT2D eigenvalue weighted by molar-refractivity contribution is 7.89. The van der Waals surface area contributed by atoms with E-state index in [2.05, 4.69) is 19.5 Å². The number of carbonyl (C=O) groups excluding carboxylic acids is 2. The van der Waals surface area contributed by atoms with Crippen LogP contribution in [0.1, 0.15) is 33.9 Å². The molecule has 12 nitrogen and oxygen atoms in total. The molecule has 1 saturated heterocycles. The summed E-state index contributed by atoms with van der Waals surface area (Å²) in [7, 11) is 1.27. The quantitative estimate of drug-likeness (QED) is 0.128. The second-order valence-corrected chi connectivity index (χ2v) is 8.82. The average Bonchev–Trinajstić information content (AvgIpc) is 3.17. The van der Waals surface area contributed by atoms with E-state index >= 15 is 0 Å². The molecule has 13 heteroatoms. The van der Waals surface area contributed by atoms with Crippen LogP contribution in [0.5, 0.6) is 0 Å². The minimum atomic E-state index is -1.81. The molecule has 4 atom stereocenters. The first kappa shape index (κ1) is 27.4. The molecule has 1 fully saturated rings. The van der Waals surface area contributed by atoms with E-state index < -0.39 is 41.6 Å². The van der Waals surface area contributed by atoms with Gasteiger partial charge in [0.05, 0.1) is 12.7 Å². The van der Waals surface area contributed by atoms with E-state index in [1.54, 1.807) is 60.7 Å². The number of hydrogen-bond donors (Lipinski definition) is 2. The van der Waals surface area contributed by atoms with Crippen molar-refractivity contribution in [2.75, 3.05) is 19.0 Å². The number of anilines is 1. The summed E-state index contributed by atoms with van der Waals surface area (Å²) in [5.74, 6) is -1.03. The number of aliphatic hydroxyl groups is 1. The smallest absolute Gasteiger partial charge is 0.351 e. The maximum atomic E-state index is 12.9. The topological polar surface area (TPSA) is 147 Å². The Hall–Kier alpha value is -3.59. The lowest BCUT2D eigenvalue weighted by molar-refractivity contribution is -0.171. The molecule has 200 valence electrons. The summed E-state index contributed by atoms with van der Waals surface area (Å²) in [5.41, 5.74) is -1.89. The zero-order chi connectivity index (χ0) is 27.1. The average molecular weight is 544 g/mol. The van der Waals surface area contributed by atoms with E-state index in [-0.39, 0.29) is 12.4 Å². The molecule has 0 saturated carbocycles. The zero-order valence-electron chi connectivity index (χ0n) is 20.4. The van der Waals surface area contributed by atoms with Crippen molar-refractivity contribution in [2.24, 2.45) is 0 Å². The molecular formula is C25H25N3O9S. The van der Waals surface area contributed by atoms with Gasteiger partial charge in [0, 0.05) is 11.8 Å². The van der Waals surface area contributed by atoms with Gasteiger partial charge in [0.1, 0.15) is 30.2 Å². The molecule has 1 aromatic heterocycles. The molecule has 3 aromatic rings. The molecule has 1 amide bonds. The molecule has 1 aliphatic heterocycles. The van der Waals surface area contributed by atoms with Gasteiger partial charge in [-0.05, 0) is 37.3 Å². The first-order chi connectivity index (χ1) is 18.3. The Bertz CT molecular complexity index is 1300. The van der Waals surface area contributed by atoms with Gasteiger partial charge in [-0.25, -0.2) is 14.5 Å². The van der Waals surface area contributed by atoms with Crippen LogP contribution >= 0.6 is 12.3 Å². The van der Waals surface area contributed by atoms with Crippen LogP contribution in [-0.4, -0.2) is 58.1 Å². The van der Waals surface area contributed by atoms with Crippen LogP contribution in [0.15, 0.2) is 77.7 Å². The highest BCUT2D eigenvalue weighted by atomic mass is 32.2. The first-order valence-corrected chi connectivity index (χ1v) is 12.1.